The molecule has 1 aromatic carbocycles. The Hall–Kier alpha value is -0.680. The van der Waals surface area contributed by atoms with E-state index in [1.54, 1.807) is 14.2 Å². The first kappa shape index (κ1) is 21.4. The molecule has 0 bridgehead atoms. The van der Waals surface area contributed by atoms with Gasteiger partial charge in [-0.05, 0) is 36.5 Å². The van der Waals surface area contributed by atoms with Crippen molar-refractivity contribution in [3.63, 3.8) is 0 Å². The number of rotatable bonds is 5. The molecule has 1 aromatic rings. The quantitative estimate of drug-likeness (QED) is 0.849. The minimum atomic E-state index is 0. The number of methoxy groups -OCH3 is 2. The van der Waals surface area contributed by atoms with Gasteiger partial charge in [-0.1, -0.05) is 18.9 Å². The van der Waals surface area contributed by atoms with Crippen LogP contribution in [0.1, 0.15) is 37.3 Å². The standard InChI is InChI=1S/C18H28N2O2.2ClH/c1-21-16-8-7-15(13-17(16)22-2)18(14-5-3-4-6-14)20-11-9-19-10-12-20;;/h7-8,13-14,18-19H,3-6,9-12H2,1-2H3;2*1H/t18-;;/m0../s1. The van der Waals surface area contributed by atoms with Gasteiger partial charge in [-0.25, -0.2) is 0 Å². The molecule has 2 aliphatic rings. The van der Waals surface area contributed by atoms with Crippen LogP contribution in [0.3, 0.4) is 0 Å². The van der Waals surface area contributed by atoms with Gasteiger partial charge in [-0.15, -0.1) is 24.8 Å². The summed E-state index contributed by atoms with van der Waals surface area (Å²) >= 11 is 0. The van der Waals surface area contributed by atoms with E-state index < -0.39 is 0 Å². The first-order valence-corrected chi connectivity index (χ1v) is 8.50. The van der Waals surface area contributed by atoms with Gasteiger partial charge in [0.1, 0.15) is 0 Å². The number of piperazine rings is 1. The average molecular weight is 377 g/mol. The van der Waals surface area contributed by atoms with Crippen LogP contribution in [-0.4, -0.2) is 45.3 Å². The second-order valence-corrected chi connectivity index (χ2v) is 6.39. The van der Waals surface area contributed by atoms with Gasteiger partial charge in [-0.2, -0.15) is 0 Å². The fourth-order valence-corrected chi connectivity index (χ4v) is 4.05. The minimum absolute atomic E-state index is 0. The molecular formula is C18H30Cl2N2O2. The van der Waals surface area contributed by atoms with Crippen molar-refractivity contribution in [2.75, 3.05) is 40.4 Å². The van der Waals surface area contributed by atoms with E-state index in [1.807, 2.05) is 0 Å². The summed E-state index contributed by atoms with van der Waals surface area (Å²) in [6.07, 6.45) is 5.45. The van der Waals surface area contributed by atoms with Crippen molar-refractivity contribution in [2.45, 2.75) is 31.7 Å². The zero-order valence-electron chi connectivity index (χ0n) is 14.6. The number of benzene rings is 1. The van der Waals surface area contributed by atoms with Crippen LogP contribution >= 0.6 is 24.8 Å². The lowest BCUT2D eigenvalue weighted by atomic mass is 9.89. The highest BCUT2D eigenvalue weighted by Crippen LogP contribution is 2.41. The predicted molar refractivity (Wildman–Crippen MR) is 103 cm³/mol. The molecule has 24 heavy (non-hydrogen) atoms. The zero-order valence-corrected chi connectivity index (χ0v) is 16.3. The lowest BCUT2D eigenvalue weighted by molar-refractivity contribution is 0.125. The van der Waals surface area contributed by atoms with Crippen molar-refractivity contribution < 1.29 is 9.47 Å². The van der Waals surface area contributed by atoms with E-state index in [0.717, 1.165) is 43.6 Å². The molecule has 1 saturated carbocycles. The van der Waals surface area contributed by atoms with E-state index in [-0.39, 0.29) is 24.8 Å². The Morgan fingerprint density at radius 1 is 1.00 bits per heavy atom. The molecule has 4 nitrogen and oxygen atoms in total. The Bertz CT molecular complexity index is 490. The summed E-state index contributed by atoms with van der Waals surface area (Å²) < 4.78 is 10.9. The number of nitrogens with zero attached hydrogens (tertiary/aromatic N) is 1. The summed E-state index contributed by atoms with van der Waals surface area (Å²) in [4.78, 5) is 2.66. The van der Waals surface area contributed by atoms with Gasteiger partial charge in [0.15, 0.2) is 11.5 Å². The number of hydrogen-bond acceptors (Lipinski definition) is 4. The van der Waals surface area contributed by atoms with Gasteiger partial charge in [0, 0.05) is 32.2 Å². The molecule has 0 aromatic heterocycles. The lowest BCUT2D eigenvalue weighted by Gasteiger charge is -2.38. The van der Waals surface area contributed by atoms with Gasteiger partial charge in [0.2, 0.25) is 0 Å². The van der Waals surface area contributed by atoms with Crippen molar-refractivity contribution in [2.24, 2.45) is 5.92 Å². The highest BCUT2D eigenvalue weighted by atomic mass is 35.5. The summed E-state index contributed by atoms with van der Waals surface area (Å²) in [5.41, 5.74) is 1.38. The summed E-state index contributed by atoms with van der Waals surface area (Å²) in [6.45, 7) is 4.46. The summed E-state index contributed by atoms with van der Waals surface area (Å²) in [6, 6.07) is 6.98. The van der Waals surface area contributed by atoms with Crippen LogP contribution in [0.15, 0.2) is 18.2 Å². The van der Waals surface area contributed by atoms with Gasteiger partial charge in [-0.3, -0.25) is 4.90 Å². The molecule has 1 aliphatic heterocycles. The van der Waals surface area contributed by atoms with E-state index in [9.17, 15) is 0 Å². The predicted octanol–water partition coefficient (Wildman–Crippen LogP) is 3.68. The van der Waals surface area contributed by atoms with Crippen LogP contribution < -0.4 is 14.8 Å². The van der Waals surface area contributed by atoms with Crippen LogP contribution in [0.2, 0.25) is 0 Å². The summed E-state index contributed by atoms with van der Waals surface area (Å²) in [5.74, 6) is 2.44. The normalized spacial score (nSPS) is 19.9. The Morgan fingerprint density at radius 3 is 2.21 bits per heavy atom. The van der Waals surface area contributed by atoms with Gasteiger partial charge >= 0.3 is 0 Å². The first-order valence-electron chi connectivity index (χ1n) is 8.50. The summed E-state index contributed by atoms with van der Waals surface area (Å²) in [5, 5.41) is 3.47. The molecule has 2 fully saturated rings. The average Bonchev–Trinajstić information content (AvgIpc) is 3.10. The molecule has 1 saturated heterocycles. The SMILES string of the molecule is COc1ccc([C@H](C2CCCC2)N2CCNCC2)cc1OC.Cl.Cl. The van der Waals surface area contributed by atoms with Crippen molar-refractivity contribution >= 4 is 24.8 Å². The first-order chi connectivity index (χ1) is 10.8. The second-order valence-electron chi connectivity index (χ2n) is 6.39. The van der Waals surface area contributed by atoms with E-state index in [1.165, 1.54) is 31.2 Å². The largest absolute Gasteiger partial charge is 0.493 e. The molecule has 1 aliphatic carbocycles. The molecule has 1 atom stereocenters. The van der Waals surface area contributed by atoms with Crippen LogP contribution in [0, 0.1) is 5.92 Å². The smallest absolute Gasteiger partial charge is 0.161 e. The van der Waals surface area contributed by atoms with Crippen LogP contribution in [0.4, 0.5) is 0 Å². The maximum Gasteiger partial charge on any atom is 0.161 e. The molecule has 1 N–H and O–H groups in total. The fraction of sp³-hybridized carbons (Fsp3) is 0.667. The Morgan fingerprint density at radius 2 is 1.62 bits per heavy atom. The molecule has 0 unspecified atom stereocenters. The maximum atomic E-state index is 5.52. The zero-order chi connectivity index (χ0) is 15.4. The van der Waals surface area contributed by atoms with E-state index in [4.69, 9.17) is 9.47 Å². The Labute approximate surface area is 158 Å². The van der Waals surface area contributed by atoms with Crippen molar-refractivity contribution in [1.29, 1.82) is 0 Å². The number of hydrogen-bond donors (Lipinski definition) is 1. The minimum Gasteiger partial charge on any atom is -0.493 e. The molecule has 0 amide bonds. The van der Waals surface area contributed by atoms with Crippen LogP contribution in [0.25, 0.3) is 0 Å². The third-order valence-corrected chi connectivity index (χ3v) is 5.14. The van der Waals surface area contributed by atoms with Gasteiger partial charge in [0.25, 0.3) is 0 Å². The molecule has 3 rings (SSSR count). The molecular weight excluding hydrogens is 347 g/mol. The molecule has 0 radical (unpaired) electrons. The number of nitrogens with one attached hydrogen (secondary N) is 1. The Kier molecular flexibility index (Phi) is 9.21. The fourth-order valence-electron chi connectivity index (χ4n) is 4.05. The van der Waals surface area contributed by atoms with Crippen molar-refractivity contribution in [3.8, 4) is 11.5 Å². The third-order valence-electron chi connectivity index (χ3n) is 5.14. The Balaban J connectivity index is 0.00000144. The monoisotopic (exact) mass is 376 g/mol. The highest BCUT2D eigenvalue weighted by Gasteiger charge is 2.32. The van der Waals surface area contributed by atoms with Gasteiger partial charge < -0.3 is 14.8 Å². The van der Waals surface area contributed by atoms with Crippen molar-refractivity contribution in [3.05, 3.63) is 23.8 Å². The van der Waals surface area contributed by atoms with E-state index >= 15 is 0 Å². The lowest BCUT2D eigenvalue weighted by Crippen LogP contribution is -2.46. The maximum absolute atomic E-state index is 5.52. The van der Waals surface area contributed by atoms with Crippen LogP contribution in [-0.2, 0) is 0 Å². The molecule has 138 valence electrons. The third kappa shape index (κ3) is 4.69. The summed E-state index contributed by atoms with van der Waals surface area (Å²) in [7, 11) is 3.42. The molecule has 0 spiro atoms. The van der Waals surface area contributed by atoms with Crippen molar-refractivity contribution in [1.82, 2.24) is 10.2 Å². The van der Waals surface area contributed by atoms with E-state index in [2.05, 4.69) is 28.4 Å². The molecule has 6 heteroatoms. The topological polar surface area (TPSA) is 33.7 Å². The highest BCUT2D eigenvalue weighted by molar-refractivity contribution is 5.85. The van der Waals surface area contributed by atoms with Crippen LogP contribution in [0.5, 0.6) is 11.5 Å². The number of halogens is 2. The van der Waals surface area contributed by atoms with E-state index in [0.29, 0.717) is 6.04 Å². The molecule has 1 heterocycles. The van der Waals surface area contributed by atoms with Gasteiger partial charge in [0.05, 0.1) is 14.2 Å². The number of ether oxygens (including phenoxy) is 2. The second kappa shape index (κ2) is 10.3.